The van der Waals surface area contributed by atoms with Gasteiger partial charge in [0.25, 0.3) is 11.8 Å². The normalized spacial score (nSPS) is 9.84. The molecule has 0 bridgehead atoms. The molecule has 2 amide bonds. The van der Waals surface area contributed by atoms with Crippen molar-refractivity contribution in [2.24, 2.45) is 0 Å². The summed E-state index contributed by atoms with van der Waals surface area (Å²) in [5.41, 5.74) is 11.0. The fourth-order valence-electron chi connectivity index (χ4n) is 8.36. The van der Waals surface area contributed by atoms with E-state index in [2.05, 4.69) is 10.6 Å². The Morgan fingerprint density at radius 2 is 0.796 bits per heavy atom. The van der Waals surface area contributed by atoms with E-state index in [1.807, 2.05) is 117 Å². The Morgan fingerprint density at radius 1 is 0.473 bits per heavy atom. The molecule has 25 heteroatoms. The Bertz CT molecular complexity index is 4040. The molecule has 0 saturated carbocycles. The van der Waals surface area contributed by atoms with Gasteiger partial charge in [0.2, 0.25) is 17.2 Å². The second-order valence-electron chi connectivity index (χ2n) is 19.2. The number of anilines is 3. The van der Waals surface area contributed by atoms with Crippen molar-refractivity contribution in [2.45, 2.75) is 67.7 Å². The molecule has 0 radical (unpaired) electrons. The van der Waals surface area contributed by atoms with E-state index < -0.39 is 58.7 Å². The van der Waals surface area contributed by atoms with Crippen LogP contribution < -0.4 is 30.6 Å². The number of hydrogen-bond acceptors (Lipinski definition) is 18. The van der Waals surface area contributed by atoms with Crippen LogP contribution in [0.4, 0.5) is 34.1 Å². The van der Waals surface area contributed by atoms with E-state index >= 15 is 0 Å². The van der Waals surface area contributed by atoms with Crippen LogP contribution in [0.2, 0.25) is 0 Å². The van der Waals surface area contributed by atoms with Crippen molar-refractivity contribution >= 4 is 58.2 Å². The summed E-state index contributed by atoms with van der Waals surface area (Å²) in [6.07, 6.45) is 0.652. The molecule has 7 N–H and O–H groups in total. The summed E-state index contributed by atoms with van der Waals surface area (Å²) in [5.74, 6) is -2.54. The quantitative estimate of drug-likeness (QED) is 0.0136. The van der Waals surface area contributed by atoms with Gasteiger partial charge in [0.15, 0.2) is 0 Å². The molecule has 9 aromatic rings. The van der Waals surface area contributed by atoms with E-state index in [1.165, 1.54) is 30.3 Å². The number of carbonyl (C=O) groups is 4. The molecular weight excluding hydrogens is 1240 g/mol. The molecule has 483 valence electrons. The van der Waals surface area contributed by atoms with Gasteiger partial charge in [-0.05, 0) is 120 Å². The zero-order chi connectivity index (χ0) is 68.4. The van der Waals surface area contributed by atoms with Gasteiger partial charge in [-0.2, -0.15) is 0 Å². The van der Waals surface area contributed by atoms with E-state index in [-0.39, 0.29) is 72.7 Å². The van der Waals surface area contributed by atoms with Crippen molar-refractivity contribution in [2.75, 3.05) is 16.4 Å². The summed E-state index contributed by atoms with van der Waals surface area (Å²) in [4.78, 5) is 80.2. The number of aliphatic hydroxyl groups excluding tert-OH is 2. The maximum absolute atomic E-state index is 12.7. The van der Waals surface area contributed by atoms with Crippen LogP contribution in [-0.2, 0) is 55.5 Å². The predicted molar refractivity (Wildman–Crippen MR) is 342 cm³/mol. The molecule has 0 aromatic heterocycles. The van der Waals surface area contributed by atoms with E-state index in [0.717, 1.165) is 22.3 Å². The van der Waals surface area contributed by atoms with Crippen molar-refractivity contribution < 1.29 is 86.0 Å². The summed E-state index contributed by atoms with van der Waals surface area (Å²) >= 11 is -1.44. The minimum absolute atomic E-state index is 0.0104. The predicted octanol–water partition coefficient (Wildman–Crippen LogP) is 13.5. The third kappa shape index (κ3) is 23.1. The van der Waals surface area contributed by atoms with E-state index in [9.17, 15) is 54.6 Å². The number of nitrogens with one attached hydrogen (secondary N) is 2. The van der Waals surface area contributed by atoms with Gasteiger partial charge in [0.05, 0.1) is 28.0 Å². The Balaban J connectivity index is 0.000000272. The number of ether oxygens (including phenoxy) is 3. The fourth-order valence-corrected chi connectivity index (χ4v) is 8.36. The van der Waals surface area contributed by atoms with Crippen molar-refractivity contribution in [3.05, 3.63) is 297 Å². The van der Waals surface area contributed by atoms with Gasteiger partial charge in [-0.15, -0.1) is 0 Å². The van der Waals surface area contributed by atoms with Crippen LogP contribution in [0.3, 0.4) is 0 Å². The third-order valence-electron chi connectivity index (χ3n) is 12.7. The summed E-state index contributed by atoms with van der Waals surface area (Å²) in [6.45, 7) is 9.31. The second kappa shape index (κ2) is 38.8. The minimum atomic E-state index is -1.44. The van der Waals surface area contributed by atoms with Crippen molar-refractivity contribution in [3.63, 3.8) is 0 Å². The number of hydrogen-bond donors (Lipinski definition) is 6. The maximum atomic E-state index is 12.7. The second-order valence-corrected chi connectivity index (χ2v) is 19.4. The summed E-state index contributed by atoms with van der Waals surface area (Å²) < 4.78 is 33.8. The number of nitrogens with two attached hydrogens (primary N) is 1. The summed E-state index contributed by atoms with van der Waals surface area (Å²) in [6, 6.07) is 56.5. The molecule has 0 heterocycles. The summed E-state index contributed by atoms with van der Waals surface area (Å²) in [7, 11) is 0. The number of benzene rings is 9. The number of aliphatic hydroxyl groups is 2. The van der Waals surface area contributed by atoms with Gasteiger partial charge in [0, 0.05) is 22.6 Å². The molecule has 9 aromatic carbocycles. The van der Waals surface area contributed by atoms with E-state index in [1.54, 1.807) is 87.5 Å². The molecule has 24 nitrogen and oxygen atoms in total. The number of nitrogen functional groups attached to an aromatic ring is 1. The summed E-state index contributed by atoms with van der Waals surface area (Å²) in [5, 5.41) is 66.8. The number of amides is 2. The number of nitrogens with zero attached hydrogens (tertiary/aromatic N) is 3. The number of nitro groups is 3. The van der Waals surface area contributed by atoms with Crippen molar-refractivity contribution in [1.29, 1.82) is 0 Å². The topological polar surface area (TPSA) is 370 Å². The van der Waals surface area contributed by atoms with Gasteiger partial charge in [0.1, 0.15) is 42.8 Å². The van der Waals surface area contributed by atoms with E-state index in [0.29, 0.717) is 51.2 Å². The number of rotatable bonds is 20. The molecule has 0 atom stereocenters. The van der Waals surface area contributed by atoms with Crippen LogP contribution >= 0.6 is 0 Å². The number of aryl methyl sites for hydroxylation is 3. The Kier molecular flexibility index (Phi) is 30.9. The van der Waals surface area contributed by atoms with Gasteiger partial charge in [-0.3, -0.25) is 44.7 Å². The zero-order valence-electron chi connectivity index (χ0n) is 50.9. The molecule has 0 aliphatic carbocycles. The van der Waals surface area contributed by atoms with Crippen LogP contribution in [-0.4, -0.2) is 54.2 Å². The number of aldehydes is 1. The van der Waals surface area contributed by atoms with E-state index in [4.69, 9.17) is 37.8 Å². The first-order valence-electron chi connectivity index (χ1n) is 28.0. The Morgan fingerprint density at radius 3 is 1.13 bits per heavy atom. The van der Waals surface area contributed by atoms with Crippen LogP contribution in [0.15, 0.2) is 200 Å². The first kappa shape index (κ1) is 74.0. The monoisotopic (exact) mass is 1310 g/mol. The number of carbonyl (C=O) groups excluding carboxylic acids is 3. The molecule has 0 aliphatic heterocycles. The Hall–Kier alpha value is -11.5. The Labute approximate surface area is 540 Å². The van der Waals surface area contributed by atoms with Gasteiger partial charge in [-0.25, -0.2) is 4.79 Å². The number of carboxylic acid groups (broad SMARTS) is 1. The fraction of sp³-hybridized carbons (Fsp3) is 0.147. The van der Waals surface area contributed by atoms with Crippen LogP contribution in [0.1, 0.15) is 99.8 Å². The molecule has 0 fully saturated rings. The van der Waals surface area contributed by atoms with Gasteiger partial charge < -0.3 is 45.9 Å². The molecule has 0 unspecified atom stereocenters. The number of nitro benzene ring substituents is 3. The SMILES string of the molecule is CC.Cc1ccc(C(=O)Nc2cccc(C=O)c2)c([N+](=O)[O-])c1OCc1ccccc1.Cc1ccc(C(=O)Nc2cccc(CO)c2)c([N+](=O)[O-])c1OCc1ccccc1.Cc1ccc(C(=O)O)c([N+](=O)[O-])c1OCc1ccccc1.Nc1cccc(CO)c1.[O]=[Mn]=[O]. The molecule has 0 spiro atoms. The van der Waals surface area contributed by atoms with Gasteiger partial charge in [-0.1, -0.05) is 159 Å². The molecule has 0 saturated heterocycles. The average Bonchev–Trinajstić information content (AvgIpc) is 1.24. The average molecular weight is 1310 g/mol. The van der Waals surface area contributed by atoms with Crippen LogP contribution in [0.5, 0.6) is 17.2 Å². The van der Waals surface area contributed by atoms with Crippen molar-refractivity contribution in [1.82, 2.24) is 0 Å². The zero-order valence-corrected chi connectivity index (χ0v) is 52.1. The molecular formula is C68H66MnN6O18. The van der Waals surface area contributed by atoms with Gasteiger partial charge >= 0.3 is 45.5 Å². The third-order valence-corrected chi connectivity index (χ3v) is 12.7. The molecule has 9 rings (SSSR count). The standard InChI is InChI=1S/C22H20N2O5.C22H18N2O5.C15H13NO5.C7H9NO.C2H6.Mn.2O/c2*1-15-10-11-19(22(26)23-18-9-5-8-17(12-18)13-25)20(24(27)28)21(15)29-14-16-6-3-2-4-7-16;1-10-7-8-12(15(17)18)13(16(19)20)14(10)21-9-11-5-3-2-4-6-11;8-7-3-1-2-6(4-7)5-9;1-2;;;/h2-12,25H,13-14H2,1H3,(H,23,26);2-13H,14H2,1H3,(H,23,26);2-8H,9H2,1H3,(H,17,18);1-4,9H,5,8H2;1-2H3;;;. The number of aromatic carboxylic acids is 1. The molecule has 0 aliphatic rings. The van der Waals surface area contributed by atoms with Crippen LogP contribution in [0.25, 0.3) is 0 Å². The van der Waals surface area contributed by atoms with Crippen molar-refractivity contribution in [3.8, 4) is 17.2 Å². The first-order chi connectivity index (χ1) is 44.7. The van der Waals surface area contributed by atoms with Crippen LogP contribution in [0, 0.1) is 51.1 Å². The number of carboxylic acids is 1. The first-order valence-corrected chi connectivity index (χ1v) is 29.0. The molecule has 93 heavy (non-hydrogen) atoms.